The number of hydrogen-bond donors (Lipinski definition) is 1. The third-order valence-electron chi connectivity index (χ3n) is 3.78. The summed E-state index contributed by atoms with van der Waals surface area (Å²) in [5.74, 6) is 1.12. The van der Waals surface area contributed by atoms with E-state index in [2.05, 4.69) is 15.3 Å². The fraction of sp³-hybridized carbons (Fsp3) is 0.111. The summed E-state index contributed by atoms with van der Waals surface area (Å²) in [5.41, 5.74) is 3.20. The van der Waals surface area contributed by atoms with E-state index in [1.165, 1.54) is 11.3 Å². The van der Waals surface area contributed by atoms with Crippen LogP contribution in [0.4, 0.5) is 5.69 Å². The first-order valence-corrected chi connectivity index (χ1v) is 9.28. The summed E-state index contributed by atoms with van der Waals surface area (Å²) in [4.78, 5) is 9.65. The Kier molecular flexibility index (Phi) is 4.72. The summed E-state index contributed by atoms with van der Waals surface area (Å²) in [7, 11) is 1.58. The fourth-order valence-electron chi connectivity index (χ4n) is 2.51. The third-order valence-corrected chi connectivity index (χ3v) is 5.19. The maximum Gasteiger partial charge on any atom is 0.227 e. The molecular weight excluding hydrogens is 393 g/mol. The first-order chi connectivity index (χ1) is 12.6. The first kappa shape index (κ1) is 17.1. The van der Waals surface area contributed by atoms with Crippen molar-refractivity contribution in [1.82, 2.24) is 9.97 Å². The number of nitrogens with one attached hydrogen (secondary N) is 1. The maximum absolute atomic E-state index is 6.19. The van der Waals surface area contributed by atoms with Gasteiger partial charge in [0.2, 0.25) is 5.89 Å². The predicted octanol–water partition coefficient (Wildman–Crippen LogP) is 5.88. The standard InChI is InChI=1S/C18H13Cl2N3O2S/c1-24-15-4-2-10(6-13(15)19)17-23-14-7-11(3-5-16(14)25-17)21-8-12-9-22-18(20)26-12/h2-7,9,21H,8H2,1H3. The summed E-state index contributed by atoms with van der Waals surface area (Å²) in [5, 5.41) is 3.84. The minimum absolute atomic E-state index is 0.510. The van der Waals surface area contributed by atoms with Crippen LogP contribution in [0.3, 0.4) is 0 Å². The number of oxazole rings is 1. The second-order valence-corrected chi connectivity index (χ2v) is 7.59. The fourth-order valence-corrected chi connectivity index (χ4v) is 3.69. The van der Waals surface area contributed by atoms with Crippen LogP contribution in [0.25, 0.3) is 22.6 Å². The Morgan fingerprint density at radius 3 is 2.81 bits per heavy atom. The van der Waals surface area contributed by atoms with Gasteiger partial charge in [0.25, 0.3) is 0 Å². The molecule has 0 saturated heterocycles. The van der Waals surface area contributed by atoms with Crippen molar-refractivity contribution in [3.63, 3.8) is 0 Å². The molecule has 0 aliphatic rings. The highest BCUT2D eigenvalue weighted by Gasteiger charge is 2.11. The van der Waals surface area contributed by atoms with Gasteiger partial charge in [0, 0.05) is 22.3 Å². The lowest BCUT2D eigenvalue weighted by atomic mass is 10.2. The summed E-state index contributed by atoms with van der Waals surface area (Å²) in [6, 6.07) is 11.2. The lowest BCUT2D eigenvalue weighted by Crippen LogP contribution is -1.96. The molecule has 0 radical (unpaired) electrons. The van der Waals surface area contributed by atoms with Gasteiger partial charge in [-0.2, -0.15) is 0 Å². The van der Waals surface area contributed by atoms with Crippen molar-refractivity contribution in [3.8, 4) is 17.2 Å². The van der Waals surface area contributed by atoms with Crippen molar-refractivity contribution in [2.75, 3.05) is 12.4 Å². The molecule has 1 N–H and O–H groups in total. The Morgan fingerprint density at radius 2 is 2.08 bits per heavy atom. The zero-order valence-corrected chi connectivity index (χ0v) is 16.0. The number of halogens is 2. The lowest BCUT2D eigenvalue weighted by Gasteiger charge is -2.03. The van der Waals surface area contributed by atoms with E-state index in [1.807, 2.05) is 24.3 Å². The molecule has 2 aromatic heterocycles. The van der Waals surface area contributed by atoms with Crippen LogP contribution in [0.5, 0.6) is 5.75 Å². The number of nitrogens with zero attached hydrogens (tertiary/aromatic N) is 2. The van der Waals surface area contributed by atoms with E-state index >= 15 is 0 Å². The number of hydrogen-bond acceptors (Lipinski definition) is 6. The normalized spacial score (nSPS) is 11.0. The minimum atomic E-state index is 0.510. The Morgan fingerprint density at radius 1 is 1.19 bits per heavy atom. The topological polar surface area (TPSA) is 60.2 Å². The molecule has 0 saturated carbocycles. The van der Waals surface area contributed by atoms with Crippen LogP contribution in [-0.4, -0.2) is 17.1 Å². The molecule has 132 valence electrons. The third kappa shape index (κ3) is 3.49. The van der Waals surface area contributed by atoms with Gasteiger partial charge in [-0.25, -0.2) is 9.97 Å². The van der Waals surface area contributed by atoms with E-state index in [0.29, 0.717) is 33.3 Å². The number of thiazole rings is 1. The minimum Gasteiger partial charge on any atom is -0.495 e. The monoisotopic (exact) mass is 405 g/mol. The van der Waals surface area contributed by atoms with Gasteiger partial charge in [0.15, 0.2) is 10.0 Å². The van der Waals surface area contributed by atoms with Crippen molar-refractivity contribution < 1.29 is 9.15 Å². The Bertz CT molecular complexity index is 1080. The molecule has 5 nitrogen and oxygen atoms in total. The van der Waals surface area contributed by atoms with E-state index in [1.54, 1.807) is 25.4 Å². The number of ether oxygens (including phenoxy) is 1. The number of aromatic nitrogens is 2. The summed E-state index contributed by atoms with van der Waals surface area (Å²) >= 11 is 13.5. The second-order valence-electron chi connectivity index (χ2n) is 5.48. The van der Waals surface area contributed by atoms with E-state index in [0.717, 1.165) is 21.6 Å². The van der Waals surface area contributed by atoms with Crippen LogP contribution in [0.15, 0.2) is 47.0 Å². The molecule has 0 aliphatic carbocycles. The molecule has 0 fully saturated rings. The Balaban J connectivity index is 1.58. The van der Waals surface area contributed by atoms with Crippen LogP contribution in [-0.2, 0) is 6.54 Å². The molecule has 4 rings (SSSR count). The van der Waals surface area contributed by atoms with Gasteiger partial charge < -0.3 is 14.5 Å². The molecule has 0 atom stereocenters. The van der Waals surface area contributed by atoms with Crippen LogP contribution in [0.1, 0.15) is 4.88 Å². The van der Waals surface area contributed by atoms with Gasteiger partial charge in [-0.1, -0.05) is 23.2 Å². The van der Waals surface area contributed by atoms with E-state index in [4.69, 9.17) is 32.4 Å². The van der Waals surface area contributed by atoms with Crippen LogP contribution >= 0.6 is 34.5 Å². The lowest BCUT2D eigenvalue weighted by molar-refractivity contribution is 0.415. The van der Waals surface area contributed by atoms with E-state index in [-0.39, 0.29) is 0 Å². The highest BCUT2D eigenvalue weighted by Crippen LogP contribution is 2.32. The quantitative estimate of drug-likeness (QED) is 0.449. The molecule has 8 heteroatoms. The van der Waals surface area contributed by atoms with Crippen LogP contribution in [0.2, 0.25) is 9.49 Å². The number of benzene rings is 2. The largest absolute Gasteiger partial charge is 0.495 e. The Hall–Kier alpha value is -2.28. The molecule has 0 amide bonds. The van der Waals surface area contributed by atoms with Gasteiger partial charge in [-0.05, 0) is 36.4 Å². The van der Waals surface area contributed by atoms with E-state index < -0.39 is 0 Å². The van der Waals surface area contributed by atoms with Crippen molar-refractivity contribution in [3.05, 3.63) is 57.0 Å². The van der Waals surface area contributed by atoms with Crippen LogP contribution in [0, 0.1) is 0 Å². The number of anilines is 1. The number of rotatable bonds is 5. The predicted molar refractivity (Wildman–Crippen MR) is 105 cm³/mol. The SMILES string of the molecule is COc1ccc(-c2nc3cc(NCc4cnc(Cl)s4)ccc3o2)cc1Cl. The number of fused-ring (bicyclic) bond motifs is 1. The average Bonchev–Trinajstić information content (AvgIpc) is 3.25. The van der Waals surface area contributed by atoms with E-state index in [9.17, 15) is 0 Å². The molecule has 0 unspecified atom stereocenters. The van der Waals surface area contributed by atoms with Crippen LogP contribution < -0.4 is 10.1 Å². The molecule has 2 aromatic carbocycles. The average molecular weight is 406 g/mol. The van der Waals surface area contributed by atoms with Crippen molar-refractivity contribution >= 4 is 51.3 Å². The maximum atomic E-state index is 6.19. The molecule has 0 bridgehead atoms. The summed E-state index contributed by atoms with van der Waals surface area (Å²) in [6.45, 7) is 0.648. The summed E-state index contributed by atoms with van der Waals surface area (Å²) < 4.78 is 11.6. The zero-order valence-electron chi connectivity index (χ0n) is 13.6. The van der Waals surface area contributed by atoms with Crippen molar-refractivity contribution in [1.29, 1.82) is 0 Å². The number of methoxy groups -OCH3 is 1. The molecule has 0 aliphatic heterocycles. The Labute approximate surface area is 163 Å². The molecule has 2 heterocycles. The zero-order chi connectivity index (χ0) is 18.1. The van der Waals surface area contributed by atoms with Gasteiger partial charge in [-0.3, -0.25) is 0 Å². The summed E-state index contributed by atoms with van der Waals surface area (Å²) in [6.07, 6.45) is 1.76. The van der Waals surface area contributed by atoms with Gasteiger partial charge in [-0.15, -0.1) is 11.3 Å². The van der Waals surface area contributed by atoms with Gasteiger partial charge in [0.1, 0.15) is 11.3 Å². The van der Waals surface area contributed by atoms with Crippen molar-refractivity contribution in [2.45, 2.75) is 6.54 Å². The van der Waals surface area contributed by atoms with Crippen molar-refractivity contribution in [2.24, 2.45) is 0 Å². The van der Waals surface area contributed by atoms with Gasteiger partial charge >= 0.3 is 0 Å². The molecule has 4 aromatic rings. The smallest absolute Gasteiger partial charge is 0.227 e. The highest BCUT2D eigenvalue weighted by atomic mass is 35.5. The first-order valence-electron chi connectivity index (χ1n) is 7.71. The molecular formula is C18H13Cl2N3O2S. The highest BCUT2D eigenvalue weighted by molar-refractivity contribution is 7.15. The molecule has 0 spiro atoms. The second kappa shape index (κ2) is 7.15. The van der Waals surface area contributed by atoms with Gasteiger partial charge in [0.05, 0.1) is 18.7 Å². The molecule has 26 heavy (non-hydrogen) atoms.